The van der Waals surface area contributed by atoms with Gasteiger partial charge in [-0.2, -0.15) is 4.37 Å². The molecule has 1 saturated carbocycles. The van der Waals surface area contributed by atoms with Gasteiger partial charge in [-0.3, -0.25) is 0 Å². The molecule has 2 aliphatic rings. The molecule has 2 heterocycles. The van der Waals surface area contributed by atoms with Gasteiger partial charge in [0.1, 0.15) is 5.82 Å². The van der Waals surface area contributed by atoms with Crippen LogP contribution in [0.2, 0.25) is 0 Å². The molecule has 1 unspecified atom stereocenters. The lowest BCUT2D eigenvalue weighted by atomic mass is 10.2. The molecule has 1 aliphatic heterocycles. The van der Waals surface area contributed by atoms with Crippen molar-refractivity contribution in [3.05, 3.63) is 5.82 Å². The van der Waals surface area contributed by atoms with E-state index in [1.54, 1.807) is 11.5 Å². The van der Waals surface area contributed by atoms with E-state index in [9.17, 15) is 0 Å². The standard InChI is InChI=1S/C13H22N4S/c1-9(2)12-15-13(18-16-12)17-7-3-4-11(17)8-14-10-5-6-10/h9-11,14H,3-8H2,1-2H3. The normalized spacial score (nSPS) is 24.2. The maximum absolute atomic E-state index is 4.69. The second-order valence-corrected chi connectivity index (χ2v) is 6.49. The first kappa shape index (κ1) is 12.4. The minimum Gasteiger partial charge on any atom is -0.343 e. The van der Waals surface area contributed by atoms with Crippen molar-refractivity contribution in [2.45, 2.75) is 57.5 Å². The van der Waals surface area contributed by atoms with Gasteiger partial charge in [0.15, 0.2) is 0 Å². The molecule has 1 saturated heterocycles. The average Bonchev–Trinajstić information content (AvgIpc) is 2.89. The first-order valence-electron chi connectivity index (χ1n) is 7.07. The van der Waals surface area contributed by atoms with E-state index in [1.807, 2.05) is 0 Å². The molecule has 1 atom stereocenters. The van der Waals surface area contributed by atoms with Gasteiger partial charge in [-0.15, -0.1) is 0 Å². The fraction of sp³-hybridized carbons (Fsp3) is 0.846. The van der Waals surface area contributed by atoms with Gasteiger partial charge in [0, 0.05) is 42.6 Å². The largest absolute Gasteiger partial charge is 0.343 e. The van der Waals surface area contributed by atoms with E-state index >= 15 is 0 Å². The zero-order valence-electron chi connectivity index (χ0n) is 11.2. The Hall–Kier alpha value is -0.680. The molecule has 4 nitrogen and oxygen atoms in total. The van der Waals surface area contributed by atoms with Crippen molar-refractivity contribution in [2.24, 2.45) is 0 Å². The minimum atomic E-state index is 0.431. The van der Waals surface area contributed by atoms with Crippen LogP contribution in [0.25, 0.3) is 0 Å². The molecule has 1 aromatic rings. The van der Waals surface area contributed by atoms with Crippen molar-refractivity contribution < 1.29 is 0 Å². The van der Waals surface area contributed by atoms with Crippen molar-refractivity contribution in [1.29, 1.82) is 0 Å². The highest BCUT2D eigenvalue weighted by Crippen LogP contribution is 2.29. The Bertz CT molecular complexity index is 399. The quantitative estimate of drug-likeness (QED) is 0.888. The van der Waals surface area contributed by atoms with Gasteiger partial charge in [-0.1, -0.05) is 13.8 Å². The van der Waals surface area contributed by atoms with Crippen molar-refractivity contribution in [3.63, 3.8) is 0 Å². The lowest BCUT2D eigenvalue weighted by molar-refractivity contribution is 0.570. The Kier molecular flexibility index (Phi) is 3.52. The fourth-order valence-corrected chi connectivity index (χ4v) is 3.37. The van der Waals surface area contributed by atoms with Crippen LogP contribution in [-0.2, 0) is 0 Å². The second kappa shape index (κ2) is 5.13. The summed E-state index contributed by atoms with van der Waals surface area (Å²) < 4.78 is 4.47. The zero-order valence-corrected chi connectivity index (χ0v) is 12.0. The molecule has 2 fully saturated rings. The number of hydrogen-bond acceptors (Lipinski definition) is 5. The number of nitrogens with zero attached hydrogens (tertiary/aromatic N) is 3. The Labute approximate surface area is 113 Å². The van der Waals surface area contributed by atoms with Crippen molar-refractivity contribution in [3.8, 4) is 0 Å². The summed E-state index contributed by atoms with van der Waals surface area (Å²) in [5.41, 5.74) is 0. The van der Waals surface area contributed by atoms with Crippen LogP contribution in [-0.4, -0.2) is 34.5 Å². The van der Waals surface area contributed by atoms with Crippen LogP contribution in [0.15, 0.2) is 0 Å². The summed E-state index contributed by atoms with van der Waals surface area (Å²) >= 11 is 1.57. The summed E-state index contributed by atoms with van der Waals surface area (Å²) in [7, 11) is 0. The lowest BCUT2D eigenvalue weighted by Crippen LogP contribution is -2.38. The van der Waals surface area contributed by atoms with Crippen LogP contribution in [0.4, 0.5) is 5.13 Å². The van der Waals surface area contributed by atoms with Gasteiger partial charge in [0.2, 0.25) is 5.13 Å². The first-order valence-corrected chi connectivity index (χ1v) is 7.85. The van der Waals surface area contributed by atoms with Crippen molar-refractivity contribution in [1.82, 2.24) is 14.7 Å². The molecular weight excluding hydrogens is 244 g/mol. The molecule has 0 bridgehead atoms. The molecule has 18 heavy (non-hydrogen) atoms. The smallest absolute Gasteiger partial charge is 0.205 e. The topological polar surface area (TPSA) is 41.1 Å². The van der Waals surface area contributed by atoms with E-state index in [4.69, 9.17) is 4.98 Å². The number of hydrogen-bond donors (Lipinski definition) is 1. The summed E-state index contributed by atoms with van der Waals surface area (Å²) in [4.78, 5) is 7.15. The summed E-state index contributed by atoms with van der Waals surface area (Å²) in [5, 5.41) is 4.77. The molecule has 1 aromatic heterocycles. The van der Waals surface area contributed by atoms with E-state index in [2.05, 4.69) is 28.4 Å². The number of nitrogens with one attached hydrogen (secondary N) is 1. The van der Waals surface area contributed by atoms with Gasteiger partial charge >= 0.3 is 0 Å². The van der Waals surface area contributed by atoms with Gasteiger partial charge < -0.3 is 10.2 Å². The minimum absolute atomic E-state index is 0.431. The van der Waals surface area contributed by atoms with Crippen LogP contribution in [0.3, 0.4) is 0 Å². The van der Waals surface area contributed by atoms with Gasteiger partial charge in [0.25, 0.3) is 0 Å². The van der Waals surface area contributed by atoms with E-state index in [0.717, 1.165) is 30.1 Å². The van der Waals surface area contributed by atoms with Crippen LogP contribution in [0.5, 0.6) is 0 Å². The molecule has 3 rings (SSSR count). The Morgan fingerprint density at radius 2 is 2.22 bits per heavy atom. The highest BCUT2D eigenvalue weighted by molar-refractivity contribution is 7.09. The highest BCUT2D eigenvalue weighted by Gasteiger charge is 2.29. The first-order chi connectivity index (χ1) is 8.74. The predicted octanol–water partition coefficient (Wildman–Crippen LogP) is 2.38. The molecular formula is C13H22N4S. The molecule has 0 amide bonds. The Morgan fingerprint density at radius 1 is 1.39 bits per heavy atom. The molecule has 5 heteroatoms. The monoisotopic (exact) mass is 266 g/mol. The van der Waals surface area contributed by atoms with E-state index in [0.29, 0.717) is 12.0 Å². The van der Waals surface area contributed by atoms with Crippen LogP contribution >= 0.6 is 11.5 Å². The second-order valence-electron chi connectivity index (χ2n) is 5.76. The van der Waals surface area contributed by atoms with Crippen molar-refractivity contribution in [2.75, 3.05) is 18.0 Å². The number of aromatic nitrogens is 2. The summed E-state index contributed by atoms with van der Waals surface area (Å²) in [6, 6.07) is 1.42. The summed E-state index contributed by atoms with van der Waals surface area (Å²) in [6.07, 6.45) is 5.30. The summed E-state index contributed by atoms with van der Waals surface area (Å²) in [6.45, 7) is 6.56. The third kappa shape index (κ3) is 2.67. The van der Waals surface area contributed by atoms with Gasteiger partial charge in [-0.25, -0.2) is 4.98 Å². The van der Waals surface area contributed by atoms with Gasteiger partial charge in [0.05, 0.1) is 0 Å². The highest BCUT2D eigenvalue weighted by atomic mass is 32.1. The molecule has 1 aliphatic carbocycles. The van der Waals surface area contributed by atoms with Crippen molar-refractivity contribution >= 4 is 16.7 Å². The van der Waals surface area contributed by atoms with Crippen LogP contribution < -0.4 is 10.2 Å². The average molecular weight is 266 g/mol. The number of rotatable bonds is 5. The van der Waals surface area contributed by atoms with Gasteiger partial charge in [-0.05, 0) is 25.7 Å². The Balaban J connectivity index is 1.64. The lowest BCUT2D eigenvalue weighted by Gasteiger charge is -2.23. The zero-order chi connectivity index (χ0) is 12.5. The van der Waals surface area contributed by atoms with Crippen LogP contribution in [0, 0.1) is 0 Å². The van der Waals surface area contributed by atoms with Crippen LogP contribution in [0.1, 0.15) is 51.3 Å². The number of anilines is 1. The molecule has 0 radical (unpaired) electrons. The van der Waals surface area contributed by atoms with E-state index in [1.165, 1.54) is 25.7 Å². The van der Waals surface area contributed by atoms with E-state index < -0.39 is 0 Å². The SMILES string of the molecule is CC(C)c1nsc(N2CCCC2CNC2CC2)n1. The predicted molar refractivity (Wildman–Crippen MR) is 75.4 cm³/mol. The molecule has 1 N–H and O–H groups in total. The molecule has 0 aromatic carbocycles. The van der Waals surface area contributed by atoms with E-state index in [-0.39, 0.29) is 0 Å². The summed E-state index contributed by atoms with van der Waals surface area (Å²) in [5.74, 6) is 1.43. The maximum Gasteiger partial charge on any atom is 0.205 e. The molecule has 0 spiro atoms. The Morgan fingerprint density at radius 3 is 2.89 bits per heavy atom. The maximum atomic E-state index is 4.69. The third-order valence-corrected chi connectivity index (χ3v) is 4.56. The molecule has 100 valence electrons. The fourth-order valence-electron chi connectivity index (χ4n) is 2.47. The third-order valence-electron chi connectivity index (χ3n) is 3.79.